The summed E-state index contributed by atoms with van der Waals surface area (Å²) in [6, 6.07) is 74.4. The van der Waals surface area contributed by atoms with Gasteiger partial charge in [-0.1, -0.05) is 133 Å². The molecule has 5 heteroatoms. The number of carbonyl (C=O) groups is 1. The van der Waals surface area contributed by atoms with Crippen molar-refractivity contribution < 1.29 is 4.79 Å². The lowest BCUT2D eigenvalue weighted by atomic mass is 9.98. The minimum Gasteiger partial charge on any atom is -0.314 e. The molecule has 0 saturated carbocycles. The topological polar surface area (TPSA) is 30.0 Å². The number of carbonyl (C=O) groups excluding carboxylic acids is 1. The number of allylic oxidation sites excluding steroid dienone is 7. The molecule has 0 spiro atoms. The first-order valence-corrected chi connectivity index (χ1v) is 22.4. The number of rotatable bonds is 16. The summed E-state index contributed by atoms with van der Waals surface area (Å²) in [5.41, 5.74) is 12.2. The van der Waals surface area contributed by atoms with Crippen molar-refractivity contribution in [2.75, 3.05) is 19.6 Å². The fraction of sp³-hybridized carbons (Fsp3) is 0.0656. The van der Waals surface area contributed by atoms with E-state index in [2.05, 4.69) is 130 Å². The highest BCUT2D eigenvalue weighted by molar-refractivity contribution is 6.12. The Kier molecular flexibility index (Phi) is 14.3. The molecule has 66 heavy (non-hydrogen) atoms. The van der Waals surface area contributed by atoms with Crippen LogP contribution in [0.15, 0.2) is 266 Å². The highest BCUT2D eigenvalue weighted by Crippen LogP contribution is 2.43. The van der Waals surface area contributed by atoms with Crippen LogP contribution in [0.2, 0.25) is 0 Å². The van der Waals surface area contributed by atoms with Crippen LogP contribution in [0, 0.1) is 0 Å². The second-order valence-corrected chi connectivity index (χ2v) is 15.7. The van der Waals surface area contributed by atoms with Crippen molar-refractivity contribution >= 4 is 62.7 Å². The molecule has 0 fully saturated rings. The Bertz CT molecular complexity index is 2890. The maximum absolute atomic E-state index is 15.9. The van der Waals surface area contributed by atoms with E-state index < -0.39 is 0 Å². The zero-order chi connectivity index (χ0) is 45.7. The SMILES string of the molecule is CC=CC=C(C)N(c1ccccc1)c1cc(C(=O)c2cc(N(C(C=CC)=CC)c3ccccc3)cc(N(c3ccccc3)c3ccccc3)c2)cc(N(c2ccccc2)c2ccccc2)c1. The van der Waals surface area contributed by atoms with Crippen molar-refractivity contribution in [3.63, 3.8) is 0 Å². The minimum absolute atomic E-state index is 0.118. The largest absolute Gasteiger partial charge is 0.314 e. The van der Waals surface area contributed by atoms with Crippen molar-refractivity contribution in [3.8, 4) is 0 Å². The summed E-state index contributed by atoms with van der Waals surface area (Å²) in [5, 5.41) is 0. The first-order chi connectivity index (χ1) is 32.5. The molecule has 0 aliphatic rings. The lowest BCUT2D eigenvalue weighted by Crippen LogP contribution is -2.19. The Morgan fingerprint density at radius 3 is 1.06 bits per heavy atom. The van der Waals surface area contributed by atoms with E-state index in [4.69, 9.17) is 0 Å². The number of benzene rings is 8. The Morgan fingerprint density at radius 1 is 0.379 bits per heavy atom. The average Bonchev–Trinajstić information content (AvgIpc) is 3.37. The molecular weight excluding hydrogens is 805 g/mol. The number of hydrogen-bond acceptors (Lipinski definition) is 5. The molecule has 0 atom stereocenters. The van der Waals surface area contributed by atoms with Gasteiger partial charge in [0.2, 0.25) is 0 Å². The van der Waals surface area contributed by atoms with Gasteiger partial charge >= 0.3 is 0 Å². The van der Waals surface area contributed by atoms with E-state index in [1.165, 1.54) is 0 Å². The third-order valence-electron chi connectivity index (χ3n) is 11.2. The lowest BCUT2D eigenvalue weighted by molar-refractivity contribution is 0.103. The first kappa shape index (κ1) is 44.2. The predicted octanol–water partition coefficient (Wildman–Crippen LogP) is 17.1. The van der Waals surface area contributed by atoms with Gasteiger partial charge in [-0.25, -0.2) is 0 Å². The van der Waals surface area contributed by atoms with Gasteiger partial charge in [0.25, 0.3) is 0 Å². The van der Waals surface area contributed by atoms with Crippen LogP contribution in [0.3, 0.4) is 0 Å². The number of ketones is 1. The van der Waals surface area contributed by atoms with Gasteiger partial charge in [0.05, 0.1) is 0 Å². The Labute approximate surface area is 390 Å². The molecule has 324 valence electrons. The standard InChI is InChI=1S/C61H54N4O/c1-5-8-28-47(4)62(51-29-15-9-16-30-51)57-41-48(43-59(45-57)64(53-33-19-11-20-34-53)54-35-21-12-22-36-54)61(66)49-42-58(63(50(7-3)27-6-2)52-31-17-10-18-32-52)46-60(44-49)65(55-37-23-13-24-38-55)56-39-25-14-26-40-56/h5-46H,1-4H3. The zero-order valence-corrected chi connectivity index (χ0v) is 37.9. The second kappa shape index (κ2) is 21.3. The molecule has 0 saturated heterocycles. The summed E-state index contributed by atoms with van der Waals surface area (Å²) in [6.07, 6.45) is 12.4. The Balaban J connectivity index is 1.42. The van der Waals surface area contributed by atoms with Crippen molar-refractivity contribution in [1.29, 1.82) is 0 Å². The third-order valence-corrected chi connectivity index (χ3v) is 11.2. The van der Waals surface area contributed by atoms with Crippen LogP contribution < -0.4 is 19.6 Å². The van der Waals surface area contributed by atoms with Crippen LogP contribution >= 0.6 is 0 Å². The summed E-state index contributed by atoms with van der Waals surface area (Å²) in [6.45, 7) is 8.19. The van der Waals surface area contributed by atoms with Gasteiger partial charge in [-0.3, -0.25) is 4.79 Å². The van der Waals surface area contributed by atoms with Gasteiger partial charge < -0.3 is 19.6 Å². The molecule has 0 unspecified atom stereocenters. The van der Waals surface area contributed by atoms with Crippen LogP contribution in [0.1, 0.15) is 43.6 Å². The quantitative estimate of drug-likeness (QED) is 0.0713. The average molecular weight is 859 g/mol. The number of anilines is 10. The maximum Gasteiger partial charge on any atom is 0.193 e. The third kappa shape index (κ3) is 10.0. The van der Waals surface area contributed by atoms with E-state index >= 15 is 4.79 Å². The summed E-state index contributed by atoms with van der Waals surface area (Å²) in [5.74, 6) is -0.118. The minimum atomic E-state index is -0.118. The van der Waals surface area contributed by atoms with Gasteiger partial charge in [-0.05, 0) is 149 Å². The lowest BCUT2D eigenvalue weighted by Gasteiger charge is -2.31. The van der Waals surface area contributed by atoms with Gasteiger partial charge in [0.1, 0.15) is 0 Å². The van der Waals surface area contributed by atoms with Gasteiger partial charge in [0, 0.05) is 79.4 Å². The van der Waals surface area contributed by atoms with E-state index in [1.807, 2.05) is 172 Å². The second-order valence-electron chi connectivity index (χ2n) is 15.7. The van der Waals surface area contributed by atoms with E-state index in [0.29, 0.717) is 11.1 Å². The van der Waals surface area contributed by atoms with Crippen molar-refractivity contribution in [2.24, 2.45) is 0 Å². The van der Waals surface area contributed by atoms with Gasteiger partial charge in [0.15, 0.2) is 5.78 Å². The number of para-hydroxylation sites is 6. The molecule has 5 nitrogen and oxygen atoms in total. The number of nitrogens with zero attached hydrogens (tertiary/aromatic N) is 4. The molecular formula is C61H54N4O. The van der Waals surface area contributed by atoms with Gasteiger partial charge in [-0.2, -0.15) is 0 Å². The molecule has 8 aromatic carbocycles. The van der Waals surface area contributed by atoms with Crippen LogP contribution in [-0.4, -0.2) is 5.78 Å². The Morgan fingerprint density at radius 2 is 0.712 bits per heavy atom. The predicted molar refractivity (Wildman–Crippen MR) is 280 cm³/mol. The van der Waals surface area contributed by atoms with Crippen molar-refractivity contribution in [2.45, 2.75) is 27.7 Å². The van der Waals surface area contributed by atoms with E-state index in [0.717, 1.165) is 68.3 Å². The Hall–Kier alpha value is -8.41. The molecule has 0 bridgehead atoms. The monoisotopic (exact) mass is 858 g/mol. The van der Waals surface area contributed by atoms with Gasteiger partial charge in [-0.15, -0.1) is 0 Å². The molecule has 8 aromatic rings. The normalized spacial score (nSPS) is 11.8. The molecule has 0 heterocycles. The molecule has 0 N–H and O–H groups in total. The van der Waals surface area contributed by atoms with Crippen LogP contribution in [0.5, 0.6) is 0 Å². The molecule has 8 rings (SSSR count). The van der Waals surface area contributed by atoms with Crippen LogP contribution in [-0.2, 0) is 0 Å². The summed E-state index contributed by atoms with van der Waals surface area (Å²) in [7, 11) is 0. The number of hydrogen-bond donors (Lipinski definition) is 0. The molecule has 0 aliphatic heterocycles. The molecule has 0 radical (unpaired) electrons. The van der Waals surface area contributed by atoms with E-state index in [9.17, 15) is 0 Å². The molecule has 0 amide bonds. The zero-order valence-electron chi connectivity index (χ0n) is 37.9. The fourth-order valence-corrected chi connectivity index (χ4v) is 8.28. The van der Waals surface area contributed by atoms with Crippen molar-refractivity contribution in [1.82, 2.24) is 0 Å². The first-order valence-electron chi connectivity index (χ1n) is 22.4. The highest BCUT2D eigenvalue weighted by Gasteiger charge is 2.24. The van der Waals surface area contributed by atoms with Crippen LogP contribution in [0.4, 0.5) is 56.9 Å². The smallest absolute Gasteiger partial charge is 0.193 e. The van der Waals surface area contributed by atoms with Crippen LogP contribution in [0.25, 0.3) is 0 Å². The van der Waals surface area contributed by atoms with E-state index in [-0.39, 0.29) is 5.78 Å². The van der Waals surface area contributed by atoms with E-state index in [1.54, 1.807) is 0 Å². The molecule has 0 aromatic heterocycles. The fourth-order valence-electron chi connectivity index (χ4n) is 8.28. The summed E-state index contributed by atoms with van der Waals surface area (Å²) in [4.78, 5) is 24.8. The summed E-state index contributed by atoms with van der Waals surface area (Å²) >= 11 is 0. The maximum atomic E-state index is 15.9. The molecule has 0 aliphatic carbocycles. The summed E-state index contributed by atoms with van der Waals surface area (Å²) < 4.78 is 0. The highest BCUT2D eigenvalue weighted by atomic mass is 16.1. The van der Waals surface area contributed by atoms with Crippen molar-refractivity contribution in [3.05, 3.63) is 277 Å².